The summed E-state index contributed by atoms with van der Waals surface area (Å²) in [4.78, 5) is 34.0. The Labute approximate surface area is 124 Å². The number of imidazole rings is 1. The van der Waals surface area contributed by atoms with Crippen molar-refractivity contribution >= 4 is 22.8 Å². The summed E-state index contributed by atoms with van der Waals surface area (Å²) in [5.41, 5.74) is 0.556. The Hall–Kier alpha value is -2.34. The van der Waals surface area contributed by atoms with E-state index >= 15 is 0 Å². The molecule has 6 nitrogen and oxygen atoms in total. The third kappa shape index (κ3) is 2.38. The molecule has 1 aromatic carbocycles. The first-order valence-electron chi connectivity index (χ1n) is 6.59. The Bertz CT molecular complexity index is 905. The standard InChI is InChI=1S/C14H13ClN4O2/c1-2-7-19-13(20)10-12(18-14(19)21)17-11(16-10)8-3-5-9(15)6-4-8/h3-6H,2,7H2,1H3,(H,16,17)(H,18,21). The predicted octanol–water partition coefficient (Wildman–Crippen LogP) is 2.14. The number of nitrogens with one attached hydrogen (secondary N) is 2. The maximum atomic E-state index is 12.3. The highest BCUT2D eigenvalue weighted by Gasteiger charge is 2.12. The molecule has 2 heterocycles. The van der Waals surface area contributed by atoms with Crippen molar-refractivity contribution in [1.29, 1.82) is 0 Å². The average Bonchev–Trinajstić information content (AvgIpc) is 2.88. The van der Waals surface area contributed by atoms with Gasteiger partial charge >= 0.3 is 5.69 Å². The molecule has 21 heavy (non-hydrogen) atoms. The molecular weight excluding hydrogens is 292 g/mol. The van der Waals surface area contributed by atoms with Crippen LogP contribution >= 0.6 is 11.6 Å². The van der Waals surface area contributed by atoms with Gasteiger partial charge in [-0.3, -0.25) is 14.3 Å². The van der Waals surface area contributed by atoms with E-state index in [9.17, 15) is 9.59 Å². The van der Waals surface area contributed by atoms with E-state index in [1.54, 1.807) is 24.3 Å². The number of H-pyrrole nitrogens is 2. The van der Waals surface area contributed by atoms with Gasteiger partial charge in [-0.25, -0.2) is 9.78 Å². The highest BCUT2D eigenvalue weighted by atomic mass is 35.5. The van der Waals surface area contributed by atoms with E-state index in [2.05, 4.69) is 15.0 Å². The Kier molecular flexibility index (Phi) is 3.39. The summed E-state index contributed by atoms with van der Waals surface area (Å²) >= 11 is 5.85. The average molecular weight is 305 g/mol. The second kappa shape index (κ2) is 5.21. The van der Waals surface area contributed by atoms with Gasteiger partial charge in [-0.05, 0) is 30.7 Å². The first-order valence-corrected chi connectivity index (χ1v) is 6.96. The third-order valence-corrected chi connectivity index (χ3v) is 3.45. The number of halogens is 1. The lowest BCUT2D eigenvalue weighted by Crippen LogP contribution is -2.34. The maximum Gasteiger partial charge on any atom is 0.330 e. The van der Waals surface area contributed by atoms with E-state index in [1.165, 1.54) is 4.57 Å². The van der Waals surface area contributed by atoms with Crippen molar-refractivity contribution in [1.82, 2.24) is 19.5 Å². The van der Waals surface area contributed by atoms with Crippen molar-refractivity contribution < 1.29 is 0 Å². The molecule has 0 saturated heterocycles. The van der Waals surface area contributed by atoms with Gasteiger partial charge in [-0.1, -0.05) is 18.5 Å². The summed E-state index contributed by atoms with van der Waals surface area (Å²) in [6.45, 7) is 2.28. The molecule has 3 aromatic rings. The zero-order valence-electron chi connectivity index (χ0n) is 11.3. The maximum absolute atomic E-state index is 12.3. The molecule has 0 aliphatic carbocycles. The van der Waals surface area contributed by atoms with Crippen LogP contribution in [-0.4, -0.2) is 19.5 Å². The zero-order valence-corrected chi connectivity index (χ0v) is 12.1. The summed E-state index contributed by atoms with van der Waals surface area (Å²) < 4.78 is 1.17. The highest BCUT2D eigenvalue weighted by Crippen LogP contribution is 2.19. The number of fused-ring (bicyclic) bond motifs is 1. The molecule has 7 heteroatoms. The molecule has 0 spiro atoms. The summed E-state index contributed by atoms with van der Waals surface area (Å²) in [5, 5.41) is 0.619. The van der Waals surface area contributed by atoms with Crippen LogP contribution in [0.3, 0.4) is 0 Å². The molecule has 0 saturated carbocycles. The third-order valence-electron chi connectivity index (χ3n) is 3.20. The van der Waals surface area contributed by atoms with Crippen LogP contribution in [0.1, 0.15) is 13.3 Å². The smallest absolute Gasteiger partial charge is 0.330 e. The molecule has 0 aliphatic rings. The first-order chi connectivity index (χ1) is 10.1. The number of hydrogen-bond donors (Lipinski definition) is 2. The first kappa shape index (κ1) is 13.6. The fourth-order valence-electron chi connectivity index (χ4n) is 2.19. The molecule has 0 atom stereocenters. The van der Waals surface area contributed by atoms with Gasteiger partial charge in [0.05, 0.1) is 0 Å². The van der Waals surface area contributed by atoms with Gasteiger partial charge in [-0.15, -0.1) is 0 Å². The summed E-state index contributed by atoms with van der Waals surface area (Å²) in [7, 11) is 0. The van der Waals surface area contributed by atoms with Gasteiger partial charge in [0.1, 0.15) is 11.3 Å². The zero-order chi connectivity index (χ0) is 15.0. The Morgan fingerprint density at radius 3 is 2.57 bits per heavy atom. The Morgan fingerprint density at radius 1 is 1.19 bits per heavy atom. The molecular formula is C14H13ClN4O2. The molecule has 2 N–H and O–H groups in total. The van der Waals surface area contributed by atoms with Crippen LogP contribution in [0.4, 0.5) is 0 Å². The van der Waals surface area contributed by atoms with Gasteiger partial charge < -0.3 is 4.98 Å². The van der Waals surface area contributed by atoms with Gasteiger partial charge in [0.2, 0.25) is 0 Å². The monoisotopic (exact) mass is 304 g/mol. The normalized spacial score (nSPS) is 11.1. The summed E-state index contributed by atoms with van der Waals surface area (Å²) in [5.74, 6) is 0.517. The van der Waals surface area contributed by atoms with Crippen molar-refractivity contribution in [2.45, 2.75) is 19.9 Å². The molecule has 0 radical (unpaired) electrons. The highest BCUT2D eigenvalue weighted by molar-refractivity contribution is 6.30. The van der Waals surface area contributed by atoms with E-state index in [-0.39, 0.29) is 11.2 Å². The second-order valence-electron chi connectivity index (χ2n) is 4.70. The van der Waals surface area contributed by atoms with Gasteiger partial charge in [0.15, 0.2) is 5.65 Å². The number of nitrogens with zero attached hydrogens (tertiary/aromatic N) is 2. The molecule has 0 aliphatic heterocycles. The second-order valence-corrected chi connectivity index (χ2v) is 5.14. The number of rotatable bonds is 3. The quantitative estimate of drug-likeness (QED) is 0.777. The number of aromatic nitrogens is 4. The van der Waals surface area contributed by atoms with Gasteiger partial charge in [-0.2, -0.15) is 0 Å². The number of hydrogen-bond acceptors (Lipinski definition) is 3. The molecule has 0 unspecified atom stereocenters. The van der Waals surface area contributed by atoms with Crippen LogP contribution in [0.15, 0.2) is 33.9 Å². The molecule has 2 aromatic heterocycles. The van der Waals surface area contributed by atoms with Crippen molar-refractivity contribution in [3.63, 3.8) is 0 Å². The molecule has 3 rings (SSSR count). The SMILES string of the molecule is CCCn1c(=O)[nH]c2nc(-c3ccc(Cl)cc3)[nH]c2c1=O. The van der Waals surface area contributed by atoms with Gasteiger partial charge in [0, 0.05) is 17.1 Å². The van der Waals surface area contributed by atoms with Crippen molar-refractivity contribution in [2.24, 2.45) is 0 Å². The summed E-state index contributed by atoms with van der Waals surface area (Å²) in [6.07, 6.45) is 0.701. The topological polar surface area (TPSA) is 83.5 Å². The minimum absolute atomic E-state index is 0.266. The lowest BCUT2D eigenvalue weighted by atomic mass is 10.2. The fourth-order valence-corrected chi connectivity index (χ4v) is 2.31. The lowest BCUT2D eigenvalue weighted by molar-refractivity contribution is 0.622. The van der Waals surface area contributed by atoms with Crippen LogP contribution in [0.2, 0.25) is 5.02 Å². The van der Waals surface area contributed by atoms with E-state index < -0.39 is 5.69 Å². The number of aromatic amines is 2. The van der Waals surface area contributed by atoms with E-state index in [4.69, 9.17) is 11.6 Å². The predicted molar refractivity (Wildman–Crippen MR) is 81.7 cm³/mol. The minimum atomic E-state index is -0.441. The van der Waals surface area contributed by atoms with Crippen molar-refractivity contribution in [3.05, 3.63) is 50.1 Å². The summed E-state index contributed by atoms with van der Waals surface area (Å²) in [6, 6.07) is 7.07. The van der Waals surface area contributed by atoms with E-state index in [0.29, 0.717) is 29.3 Å². The number of benzene rings is 1. The van der Waals surface area contributed by atoms with Crippen LogP contribution < -0.4 is 11.2 Å². The Balaban J connectivity index is 2.21. The molecule has 0 bridgehead atoms. The molecule has 108 valence electrons. The Morgan fingerprint density at radius 2 is 1.90 bits per heavy atom. The van der Waals surface area contributed by atoms with Crippen LogP contribution in [0, 0.1) is 0 Å². The minimum Gasteiger partial charge on any atom is -0.332 e. The van der Waals surface area contributed by atoms with E-state index in [1.807, 2.05) is 6.92 Å². The van der Waals surface area contributed by atoms with Crippen LogP contribution in [0.5, 0.6) is 0 Å². The van der Waals surface area contributed by atoms with Crippen molar-refractivity contribution in [3.8, 4) is 11.4 Å². The van der Waals surface area contributed by atoms with Crippen LogP contribution in [0.25, 0.3) is 22.6 Å². The van der Waals surface area contributed by atoms with E-state index in [0.717, 1.165) is 5.56 Å². The largest absolute Gasteiger partial charge is 0.332 e. The van der Waals surface area contributed by atoms with Crippen molar-refractivity contribution in [2.75, 3.05) is 0 Å². The molecule has 0 fully saturated rings. The molecule has 0 amide bonds. The van der Waals surface area contributed by atoms with Gasteiger partial charge in [0.25, 0.3) is 5.56 Å². The van der Waals surface area contributed by atoms with Crippen LogP contribution in [-0.2, 0) is 6.54 Å². The fraction of sp³-hybridized carbons (Fsp3) is 0.214. The lowest BCUT2D eigenvalue weighted by Gasteiger charge is -2.00.